The average Bonchev–Trinajstić information content (AvgIpc) is 2.27. The lowest BCUT2D eigenvalue weighted by Crippen LogP contribution is -2.27. The maximum absolute atomic E-state index is 12.2. The van der Waals surface area contributed by atoms with Gasteiger partial charge in [-0.25, -0.2) is 0 Å². The highest BCUT2D eigenvalue weighted by molar-refractivity contribution is 6.01. The average molecular weight is 233 g/mol. The highest BCUT2D eigenvalue weighted by Crippen LogP contribution is 2.23. The molecule has 0 aromatic heterocycles. The summed E-state index contributed by atoms with van der Waals surface area (Å²) in [7, 11) is 2.03. The molecular formula is C15H23NO. The molecule has 2 nitrogen and oxygen atoms in total. The van der Waals surface area contributed by atoms with Gasteiger partial charge in [-0.2, -0.15) is 0 Å². The Morgan fingerprint density at radius 1 is 1.18 bits per heavy atom. The second kappa shape index (κ2) is 5.85. The van der Waals surface area contributed by atoms with Crippen LogP contribution >= 0.6 is 0 Å². The molecule has 2 heteroatoms. The summed E-state index contributed by atoms with van der Waals surface area (Å²) in [5, 5.41) is 0. The van der Waals surface area contributed by atoms with Gasteiger partial charge in [-0.05, 0) is 31.9 Å². The molecule has 0 heterocycles. The monoisotopic (exact) mass is 233 g/mol. The van der Waals surface area contributed by atoms with Crippen LogP contribution in [0, 0.1) is 5.92 Å². The molecule has 0 radical (unpaired) electrons. The summed E-state index contributed by atoms with van der Waals surface area (Å²) in [4.78, 5) is 14.3. The van der Waals surface area contributed by atoms with Gasteiger partial charge in [-0.1, -0.05) is 26.0 Å². The van der Waals surface area contributed by atoms with E-state index in [1.165, 1.54) is 0 Å². The fraction of sp³-hybridized carbons (Fsp3) is 0.533. The Morgan fingerprint density at radius 3 is 2.29 bits per heavy atom. The van der Waals surface area contributed by atoms with Gasteiger partial charge in [0.05, 0.1) is 0 Å². The van der Waals surface area contributed by atoms with E-state index in [0.717, 1.165) is 11.3 Å². The summed E-state index contributed by atoms with van der Waals surface area (Å²) in [5.74, 6) is 0.642. The number of Topliss-reactive ketones (excluding diaryl/α,β-unsaturated/α-hetero) is 1. The van der Waals surface area contributed by atoms with Crippen LogP contribution in [0.3, 0.4) is 0 Å². The Morgan fingerprint density at radius 2 is 1.76 bits per heavy atom. The molecule has 0 bridgehead atoms. The van der Waals surface area contributed by atoms with Crippen molar-refractivity contribution in [3.8, 4) is 0 Å². The maximum Gasteiger partial charge on any atom is 0.165 e. The minimum Gasteiger partial charge on any atom is -0.372 e. The number of hydrogen-bond acceptors (Lipinski definition) is 2. The number of nitrogens with zero attached hydrogens (tertiary/aromatic N) is 1. The lowest BCUT2D eigenvalue weighted by atomic mass is 9.99. The van der Waals surface area contributed by atoms with Gasteiger partial charge in [0.15, 0.2) is 5.78 Å². The van der Waals surface area contributed by atoms with Crippen LogP contribution in [-0.4, -0.2) is 18.9 Å². The lowest BCUT2D eigenvalue weighted by Gasteiger charge is -2.26. The zero-order chi connectivity index (χ0) is 13.0. The number of hydrogen-bond donors (Lipinski definition) is 0. The first-order chi connectivity index (χ1) is 7.93. The zero-order valence-corrected chi connectivity index (χ0v) is 11.5. The van der Waals surface area contributed by atoms with E-state index < -0.39 is 0 Å². The Bertz CT molecular complexity index is 382. The lowest BCUT2D eigenvalue weighted by molar-refractivity contribution is 0.0968. The molecule has 0 N–H and O–H groups in total. The fourth-order valence-corrected chi connectivity index (χ4v) is 1.78. The van der Waals surface area contributed by atoms with Crippen LogP contribution in [0.25, 0.3) is 0 Å². The van der Waals surface area contributed by atoms with Crippen LogP contribution in [0.15, 0.2) is 24.3 Å². The predicted molar refractivity (Wildman–Crippen MR) is 73.8 cm³/mol. The predicted octanol–water partition coefficient (Wildman–Crippen LogP) is 3.76. The molecule has 0 aliphatic carbocycles. The first-order valence-electron chi connectivity index (χ1n) is 6.28. The number of carbonyl (C=O) groups is 1. The summed E-state index contributed by atoms with van der Waals surface area (Å²) in [6.07, 6.45) is 0.614. The normalized spacial score (nSPS) is 11.0. The van der Waals surface area contributed by atoms with Crippen molar-refractivity contribution in [3.05, 3.63) is 29.8 Å². The van der Waals surface area contributed by atoms with Gasteiger partial charge in [0.1, 0.15) is 0 Å². The van der Waals surface area contributed by atoms with Gasteiger partial charge in [0, 0.05) is 30.8 Å². The molecule has 94 valence electrons. The van der Waals surface area contributed by atoms with Crippen molar-refractivity contribution in [2.45, 2.75) is 40.2 Å². The van der Waals surface area contributed by atoms with Crippen LogP contribution in [0.2, 0.25) is 0 Å². The maximum atomic E-state index is 12.2. The van der Waals surface area contributed by atoms with Crippen molar-refractivity contribution >= 4 is 11.5 Å². The van der Waals surface area contributed by atoms with Crippen molar-refractivity contribution < 1.29 is 4.79 Å². The Kier molecular flexibility index (Phi) is 4.73. The topological polar surface area (TPSA) is 20.3 Å². The van der Waals surface area contributed by atoms with Crippen LogP contribution in [0.5, 0.6) is 0 Å². The molecule has 0 spiro atoms. The third kappa shape index (κ3) is 3.58. The van der Waals surface area contributed by atoms with Gasteiger partial charge < -0.3 is 4.90 Å². The minimum atomic E-state index is 0.239. The van der Waals surface area contributed by atoms with E-state index in [4.69, 9.17) is 0 Å². The van der Waals surface area contributed by atoms with Gasteiger partial charge in [0.25, 0.3) is 0 Å². The van der Waals surface area contributed by atoms with E-state index in [-0.39, 0.29) is 5.78 Å². The number of para-hydroxylation sites is 1. The summed E-state index contributed by atoms with van der Waals surface area (Å²) in [5.41, 5.74) is 1.88. The highest BCUT2D eigenvalue weighted by atomic mass is 16.1. The van der Waals surface area contributed by atoms with Crippen molar-refractivity contribution in [3.63, 3.8) is 0 Å². The molecule has 0 aliphatic heterocycles. The fourth-order valence-electron chi connectivity index (χ4n) is 1.78. The number of carbonyl (C=O) groups excluding carboxylic acids is 1. The van der Waals surface area contributed by atoms with Crippen LogP contribution in [0.4, 0.5) is 5.69 Å². The van der Waals surface area contributed by atoms with E-state index in [9.17, 15) is 4.79 Å². The second-order valence-corrected chi connectivity index (χ2v) is 5.24. The van der Waals surface area contributed by atoms with Gasteiger partial charge >= 0.3 is 0 Å². The number of ketones is 1. The zero-order valence-electron chi connectivity index (χ0n) is 11.5. The third-order valence-electron chi connectivity index (χ3n) is 2.95. The summed E-state index contributed by atoms with van der Waals surface area (Å²) in [6, 6.07) is 8.26. The van der Waals surface area contributed by atoms with Crippen molar-refractivity contribution in [1.82, 2.24) is 0 Å². The van der Waals surface area contributed by atoms with Crippen LogP contribution in [0.1, 0.15) is 44.5 Å². The first-order valence-corrected chi connectivity index (χ1v) is 6.28. The molecule has 0 amide bonds. The highest BCUT2D eigenvalue weighted by Gasteiger charge is 2.16. The molecule has 0 saturated heterocycles. The van der Waals surface area contributed by atoms with Crippen molar-refractivity contribution in [2.75, 3.05) is 11.9 Å². The molecule has 1 aromatic rings. The molecule has 0 saturated carbocycles. The molecule has 0 aliphatic rings. The summed E-state index contributed by atoms with van der Waals surface area (Å²) < 4.78 is 0. The molecule has 17 heavy (non-hydrogen) atoms. The molecule has 0 fully saturated rings. The van der Waals surface area contributed by atoms with Crippen LogP contribution in [-0.2, 0) is 0 Å². The van der Waals surface area contributed by atoms with E-state index in [1.807, 2.05) is 31.3 Å². The Hall–Kier alpha value is -1.31. The molecular weight excluding hydrogens is 210 g/mol. The van der Waals surface area contributed by atoms with Crippen molar-refractivity contribution in [1.29, 1.82) is 0 Å². The molecule has 1 aromatic carbocycles. The van der Waals surface area contributed by atoms with Crippen molar-refractivity contribution in [2.24, 2.45) is 5.92 Å². The number of rotatable bonds is 5. The third-order valence-corrected chi connectivity index (χ3v) is 2.95. The number of anilines is 1. The SMILES string of the molecule is CC(C)CC(=O)c1ccccc1N(C)C(C)C. The van der Waals surface area contributed by atoms with E-state index in [2.05, 4.69) is 32.6 Å². The van der Waals surface area contributed by atoms with Gasteiger partial charge in [0.2, 0.25) is 0 Å². The van der Waals surface area contributed by atoms with E-state index >= 15 is 0 Å². The summed E-state index contributed by atoms with van der Waals surface area (Å²) in [6.45, 7) is 8.41. The smallest absolute Gasteiger partial charge is 0.165 e. The summed E-state index contributed by atoms with van der Waals surface area (Å²) >= 11 is 0. The molecule has 0 unspecified atom stereocenters. The first kappa shape index (κ1) is 13.8. The number of benzene rings is 1. The van der Waals surface area contributed by atoms with Gasteiger partial charge in [-0.3, -0.25) is 4.79 Å². The Labute approximate surface area is 105 Å². The quantitative estimate of drug-likeness (QED) is 0.722. The van der Waals surface area contributed by atoms with Crippen LogP contribution < -0.4 is 4.90 Å². The van der Waals surface area contributed by atoms with E-state index in [0.29, 0.717) is 18.4 Å². The molecule has 1 rings (SSSR count). The minimum absolute atomic E-state index is 0.239. The standard InChI is InChI=1S/C15H23NO/c1-11(2)10-15(17)13-8-6-7-9-14(13)16(5)12(3)4/h6-9,11-12H,10H2,1-5H3. The van der Waals surface area contributed by atoms with Gasteiger partial charge in [-0.15, -0.1) is 0 Å². The van der Waals surface area contributed by atoms with E-state index in [1.54, 1.807) is 0 Å². The Balaban J connectivity index is 3.03. The second-order valence-electron chi connectivity index (χ2n) is 5.24. The largest absolute Gasteiger partial charge is 0.372 e. The molecule has 0 atom stereocenters.